The fourth-order valence-electron chi connectivity index (χ4n) is 3.67. The van der Waals surface area contributed by atoms with Crippen LogP contribution in [0.2, 0.25) is 0 Å². The van der Waals surface area contributed by atoms with Crippen molar-refractivity contribution >= 4 is 23.2 Å². The Bertz CT molecular complexity index is 997. The summed E-state index contributed by atoms with van der Waals surface area (Å²) in [7, 11) is 1.61. The molecular formula is C24H27N5O2. The van der Waals surface area contributed by atoms with Gasteiger partial charge in [-0.25, -0.2) is 4.79 Å². The summed E-state index contributed by atoms with van der Waals surface area (Å²) in [6.45, 7) is 2.08. The molecule has 0 saturated carbocycles. The Morgan fingerprint density at radius 1 is 0.871 bits per heavy atom. The molecule has 0 unspecified atom stereocenters. The maximum atomic E-state index is 12.3. The second kappa shape index (κ2) is 9.93. The van der Waals surface area contributed by atoms with Gasteiger partial charge in [-0.15, -0.1) is 10.2 Å². The van der Waals surface area contributed by atoms with Gasteiger partial charge in [0.1, 0.15) is 5.75 Å². The summed E-state index contributed by atoms with van der Waals surface area (Å²) in [5, 5.41) is 14.5. The van der Waals surface area contributed by atoms with Crippen LogP contribution in [0.3, 0.4) is 0 Å². The van der Waals surface area contributed by atoms with Gasteiger partial charge in [-0.3, -0.25) is 0 Å². The fraction of sp³-hybridized carbons (Fsp3) is 0.292. The summed E-state index contributed by atoms with van der Waals surface area (Å²) in [4.78, 5) is 14.7. The van der Waals surface area contributed by atoms with Crippen molar-refractivity contribution in [2.75, 3.05) is 35.7 Å². The number of carbonyl (C=O) groups excluding carboxylic acids is 1. The predicted octanol–water partition coefficient (Wildman–Crippen LogP) is 5.18. The highest BCUT2D eigenvalue weighted by Crippen LogP contribution is 2.23. The second-order valence-corrected chi connectivity index (χ2v) is 7.57. The molecule has 1 aliphatic rings. The molecule has 0 aliphatic carbocycles. The van der Waals surface area contributed by atoms with Gasteiger partial charge in [0.2, 0.25) is 0 Å². The summed E-state index contributed by atoms with van der Waals surface area (Å²) in [5.41, 5.74) is 3.04. The molecular weight excluding hydrogens is 390 g/mol. The number of urea groups is 1. The number of rotatable bonds is 5. The van der Waals surface area contributed by atoms with Crippen LogP contribution in [0.15, 0.2) is 60.7 Å². The fourth-order valence-corrected chi connectivity index (χ4v) is 3.67. The Balaban J connectivity index is 1.40. The van der Waals surface area contributed by atoms with Gasteiger partial charge in [-0.1, -0.05) is 25.0 Å². The lowest BCUT2D eigenvalue weighted by molar-refractivity contribution is 0.262. The number of hydrogen-bond acceptors (Lipinski definition) is 5. The third kappa shape index (κ3) is 5.51. The SMILES string of the molecule is COc1ccc(NC(=O)Nc2cccc(-c3ccc(N4CCCCCC4)nn3)c2)cc1. The van der Waals surface area contributed by atoms with E-state index in [0.29, 0.717) is 11.4 Å². The predicted molar refractivity (Wildman–Crippen MR) is 124 cm³/mol. The molecule has 4 rings (SSSR count). The first-order chi connectivity index (χ1) is 15.2. The Morgan fingerprint density at radius 3 is 2.29 bits per heavy atom. The van der Waals surface area contributed by atoms with Gasteiger partial charge in [0, 0.05) is 30.0 Å². The number of anilines is 3. The van der Waals surface area contributed by atoms with E-state index in [1.807, 2.05) is 36.4 Å². The van der Waals surface area contributed by atoms with Crippen LogP contribution in [0.4, 0.5) is 22.0 Å². The van der Waals surface area contributed by atoms with Gasteiger partial charge in [0.05, 0.1) is 12.8 Å². The molecule has 3 aromatic rings. The number of aromatic nitrogens is 2. The lowest BCUT2D eigenvalue weighted by atomic mass is 10.1. The van der Waals surface area contributed by atoms with Crippen LogP contribution in [0.1, 0.15) is 25.7 Å². The van der Waals surface area contributed by atoms with Crippen molar-refractivity contribution in [3.63, 3.8) is 0 Å². The minimum absolute atomic E-state index is 0.315. The first kappa shape index (κ1) is 20.7. The summed E-state index contributed by atoms with van der Waals surface area (Å²) >= 11 is 0. The Morgan fingerprint density at radius 2 is 1.61 bits per heavy atom. The van der Waals surface area contributed by atoms with E-state index in [2.05, 4.69) is 25.7 Å². The van der Waals surface area contributed by atoms with Crippen LogP contribution in [0.5, 0.6) is 5.75 Å². The van der Waals surface area contributed by atoms with Crippen molar-refractivity contribution < 1.29 is 9.53 Å². The topological polar surface area (TPSA) is 79.4 Å². The highest BCUT2D eigenvalue weighted by Gasteiger charge is 2.12. The van der Waals surface area contributed by atoms with E-state index in [9.17, 15) is 4.79 Å². The molecule has 1 aromatic heterocycles. The molecule has 2 N–H and O–H groups in total. The molecule has 31 heavy (non-hydrogen) atoms. The number of nitrogens with one attached hydrogen (secondary N) is 2. The van der Waals surface area contributed by atoms with E-state index in [0.717, 1.165) is 35.9 Å². The second-order valence-electron chi connectivity index (χ2n) is 7.57. The number of nitrogens with zero attached hydrogens (tertiary/aromatic N) is 3. The molecule has 0 radical (unpaired) electrons. The lowest BCUT2D eigenvalue weighted by Crippen LogP contribution is -2.25. The average molecular weight is 418 g/mol. The number of hydrogen-bond donors (Lipinski definition) is 2. The first-order valence-corrected chi connectivity index (χ1v) is 10.6. The number of ether oxygens (including phenoxy) is 1. The van der Waals surface area contributed by atoms with Gasteiger partial charge in [-0.2, -0.15) is 0 Å². The highest BCUT2D eigenvalue weighted by molar-refractivity contribution is 6.00. The third-order valence-electron chi connectivity index (χ3n) is 5.34. The molecule has 2 aromatic carbocycles. The summed E-state index contributed by atoms with van der Waals surface area (Å²) in [5.74, 6) is 1.67. The maximum absolute atomic E-state index is 12.3. The Kier molecular flexibility index (Phi) is 6.62. The minimum atomic E-state index is -0.315. The summed E-state index contributed by atoms with van der Waals surface area (Å²) in [6, 6.07) is 18.5. The molecule has 7 heteroatoms. The maximum Gasteiger partial charge on any atom is 0.323 e. The summed E-state index contributed by atoms with van der Waals surface area (Å²) < 4.78 is 5.13. The standard InChI is InChI=1S/C24H27N5O2/c1-31-21-11-9-19(10-12-21)25-24(30)26-20-8-6-7-18(17-20)22-13-14-23(28-27-22)29-15-4-2-3-5-16-29/h6-14,17H,2-5,15-16H2,1H3,(H2,25,26,30). The first-order valence-electron chi connectivity index (χ1n) is 10.6. The van der Waals surface area contributed by atoms with Crippen molar-refractivity contribution in [2.45, 2.75) is 25.7 Å². The monoisotopic (exact) mass is 417 g/mol. The van der Waals surface area contributed by atoms with Crippen LogP contribution < -0.4 is 20.3 Å². The van der Waals surface area contributed by atoms with Gasteiger partial charge < -0.3 is 20.3 Å². The molecule has 0 atom stereocenters. The van der Waals surface area contributed by atoms with Crippen LogP contribution >= 0.6 is 0 Å². The summed E-state index contributed by atoms with van der Waals surface area (Å²) in [6.07, 6.45) is 4.98. The largest absolute Gasteiger partial charge is 0.497 e. The van der Waals surface area contributed by atoms with Crippen LogP contribution in [0, 0.1) is 0 Å². The van der Waals surface area contributed by atoms with Gasteiger partial charge >= 0.3 is 6.03 Å². The van der Waals surface area contributed by atoms with Gasteiger partial charge in [0.25, 0.3) is 0 Å². The molecule has 1 fully saturated rings. The van der Waals surface area contributed by atoms with Crippen LogP contribution in [-0.4, -0.2) is 36.4 Å². The number of methoxy groups -OCH3 is 1. The third-order valence-corrected chi connectivity index (χ3v) is 5.34. The van der Waals surface area contributed by atoms with E-state index in [4.69, 9.17) is 4.74 Å². The van der Waals surface area contributed by atoms with Crippen molar-refractivity contribution in [2.24, 2.45) is 0 Å². The molecule has 7 nitrogen and oxygen atoms in total. The molecule has 1 aliphatic heterocycles. The van der Waals surface area contributed by atoms with E-state index in [1.54, 1.807) is 31.4 Å². The van der Waals surface area contributed by atoms with Crippen molar-refractivity contribution in [3.05, 3.63) is 60.7 Å². The molecule has 1 saturated heterocycles. The van der Waals surface area contributed by atoms with Crippen LogP contribution in [-0.2, 0) is 0 Å². The van der Waals surface area contributed by atoms with Crippen molar-refractivity contribution in [3.8, 4) is 17.0 Å². The van der Waals surface area contributed by atoms with Gasteiger partial charge in [-0.05, 0) is 61.4 Å². The number of benzene rings is 2. The van der Waals surface area contributed by atoms with Crippen molar-refractivity contribution in [1.29, 1.82) is 0 Å². The van der Waals surface area contributed by atoms with E-state index < -0.39 is 0 Å². The van der Waals surface area contributed by atoms with Crippen LogP contribution in [0.25, 0.3) is 11.3 Å². The molecule has 160 valence electrons. The number of carbonyl (C=O) groups is 1. The highest BCUT2D eigenvalue weighted by atomic mass is 16.5. The zero-order valence-corrected chi connectivity index (χ0v) is 17.7. The van der Waals surface area contributed by atoms with E-state index in [-0.39, 0.29) is 6.03 Å². The average Bonchev–Trinajstić information content (AvgIpc) is 3.09. The smallest absolute Gasteiger partial charge is 0.323 e. The molecule has 0 spiro atoms. The normalized spacial score (nSPS) is 13.9. The van der Waals surface area contributed by atoms with Gasteiger partial charge in [0.15, 0.2) is 5.82 Å². The van der Waals surface area contributed by atoms with E-state index in [1.165, 1.54) is 25.7 Å². The molecule has 2 amide bonds. The van der Waals surface area contributed by atoms with E-state index >= 15 is 0 Å². The Hall–Kier alpha value is -3.61. The Labute approximate surface area is 182 Å². The van der Waals surface area contributed by atoms with Crippen molar-refractivity contribution in [1.82, 2.24) is 10.2 Å². The lowest BCUT2D eigenvalue weighted by Gasteiger charge is -2.20. The number of amides is 2. The molecule has 2 heterocycles. The minimum Gasteiger partial charge on any atom is -0.497 e. The quantitative estimate of drug-likeness (QED) is 0.598. The zero-order valence-electron chi connectivity index (χ0n) is 17.7. The zero-order chi connectivity index (χ0) is 21.5. The molecule has 0 bridgehead atoms.